The third-order valence-electron chi connectivity index (χ3n) is 4.24. The van der Waals surface area contributed by atoms with Crippen LogP contribution >= 0.6 is 0 Å². The Kier molecular flexibility index (Phi) is 5.94. The van der Waals surface area contributed by atoms with E-state index >= 15 is 0 Å². The minimum absolute atomic E-state index is 0.00189. The van der Waals surface area contributed by atoms with E-state index in [1.807, 2.05) is 54.6 Å². The van der Waals surface area contributed by atoms with Gasteiger partial charge in [0.1, 0.15) is 5.82 Å². The quantitative estimate of drug-likeness (QED) is 0.674. The molecule has 126 valence electrons. The molecule has 0 saturated carbocycles. The molecular weight excluding hydrogens is 308 g/mol. The Morgan fingerprint density at radius 1 is 0.880 bits per heavy atom. The normalized spacial score (nSPS) is 11.7. The van der Waals surface area contributed by atoms with Crippen LogP contribution in [0, 0.1) is 0 Å². The topological polar surface area (TPSA) is 42.0 Å². The Morgan fingerprint density at radius 2 is 1.56 bits per heavy atom. The minimum Gasteiger partial charge on any atom is -0.310 e. The van der Waals surface area contributed by atoms with Crippen LogP contribution in [0.15, 0.2) is 85.1 Å². The van der Waals surface area contributed by atoms with E-state index < -0.39 is 0 Å². The molecule has 1 heterocycles. The maximum atomic E-state index is 12.8. The van der Waals surface area contributed by atoms with Crippen LogP contribution < -0.4 is 5.32 Å². The van der Waals surface area contributed by atoms with Gasteiger partial charge in [0.2, 0.25) is 5.91 Å². The van der Waals surface area contributed by atoms with Gasteiger partial charge in [-0.25, -0.2) is 4.98 Å². The lowest BCUT2D eigenvalue weighted by Crippen LogP contribution is -2.22. The second kappa shape index (κ2) is 8.78. The van der Waals surface area contributed by atoms with E-state index in [1.165, 1.54) is 5.56 Å². The first-order valence-electron chi connectivity index (χ1n) is 8.64. The van der Waals surface area contributed by atoms with Gasteiger partial charge in [0.15, 0.2) is 0 Å². The fourth-order valence-corrected chi connectivity index (χ4v) is 2.94. The molecule has 3 aromatic rings. The van der Waals surface area contributed by atoms with Gasteiger partial charge < -0.3 is 5.32 Å². The fraction of sp³-hybridized carbons (Fsp3) is 0.182. The molecule has 0 fully saturated rings. The number of anilines is 1. The summed E-state index contributed by atoms with van der Waals surface area (Å²) in [5, 5.41) is 2.94. The first-order chi connectivity index (χ1) is 12.3. The number of hydrogen-bond acceptors (Lipinski definition) is 2. The van der Waals surface area contributed by atoms with Crippen LogP contribution in [-0.2, 0) is 11.2 Å². The number of benzene rings is 2. The van der Waals surface area contributed by atoms with Crippen LogP contribution in [0.25, 0.3) is 0 Å². The molecule has 0 saturated heterocycles. The van der Waals surface area contributed by atoms with E-state index in [2.05, 4.69) is 34.6 Å². The number of aryl methyl sites for hydroxylation is 1. The smallest absolute Gasteiger partial charge is 0.233 e. The lowest BCUT2D eigenvalue weighted by molar-refractivity contribution is -0.117. The highest BCUT2D eigenvalue weighted by Gasteiger charge is 2.20. The monoisotopic (exact) mass is 330 g/mol. The zero-order valence-electron chi connectivity index (χ0n) is 14.1. The van der Waals surface area contributed by atoms with Crippen molar-refractivity contribution in [1.82, 2.24) is 4.98 Å². The number of carbonyl (C=O) groups is 1. The summed E-state index contributed by atoms with van der Waals surface area (Å²) in [5.74, 6) is 0.418. The summed E-state index contributed by atoms with van der Waals surface area (Å²) in [7, 11) is 0. The maximum Gasteiger partial charge on any atom is 0.233 e. The number of amides is 1. The molecule has 3 rings (SSSR count). The van der Waals surface area contributed by atoms with Gasteiger partial charge in [-0.2, -0.15) is 0 Å². The third kappa shape index (κ3) is 5.01. The second-order valence-corrected chi connectivity index (χ2v) is 6.05. The highest BCUT2D eigenvalue weighted by molar-refractivity contribution is 5.95. The Balaban J connectivity index is 1.68. The van der Waals surface area contributed by atoms with Gasteiger partial charge in [-0.05, 0) is 42.5 Å². The van der Waals surface area contributed by atoms with Crippen LogP contribution in [-0.4, -0.2) is 10.9 Å². The summed E-state index contributed by atoms with van der Waals surface area (Å²) in [6.07, 6.45) is 4.42. The van der Waals surface area contributed by atoms with Crippen molar-refractivity contribution in [3.63, 3.8) is 0 Å². The Hall–Kier alpha value is -2.94. The SMILES string of the molecule is O=C(Nc1ccccn1)[C@H](CCCc1ccccc1)c1ccccc1. The van der Waals surface area contributed by atoms with Crippen LogP contribution in [0.3, 0.4) is 0 Å². The molecule has 0 unspecified atom stereocenters. The Labute approximate surface area is 148 Å². The van der Waals surface area contributed by atoms with Crippen LogP contribution in [0.1, 0.15) is 29.9 Å². The van der Waals surface area contributed by atoms with Crippen molar-refractivity contribution in [3.8, 4) is 0 Å². The fourth-order valence-electron chi connectivity index (χ4n) is 2.94. The van der Waals surface area contributed by atoms with E-state index in [1.54, 1.807) is 6.20 Å². The first-order valence-corrected chi connectivity index (χ1v) is 8.64. The average molecular weight is 330 g/mol. The van der Waals surface area contributed by atoms with E-state index in [4.69, 9.17) is 0 Å². The minimum atomic E-state index is -0.174. The lowest BCUT2D eigenvalue weighted by Gasteiger charge is -2.17. The number of carbonyl (C=O) groups excluding carboxylic acids is 1. The van der Waals surface area contributed by atoms with Crippen LogP contribution in [0.5, 0.6) is 0 Å². The maximum absolute atomic E-state index is 12.8. The molecule has 1 amide bonds. The molecule has 0 radical (unpaired) electrons. The summed E-state index contributed by atoms with van der Waals surface area (Å²) in [5.41, 5.74) is 2.35. The number of nitrogens with zero attached hydrogens (tertiary/aromatic N) is 1. The molecule has 1 N–H and O–H groups in total. The highest BCUT2D eigenvalue weighted by atomic mass is 16.1. The Bertz CT molecular complexity index is 773. The van der Waals surface area contributed by atoms with Crippen molar-refractivity contribution in [1.29, 1.82) is 0 Å². The van der Waals surface area contributed by atoms with Crippen molar-refractivity contribution < 1.29 is 4.79 Å². The predicted octanol–water partition coefficient (Wildman–Crippen LogP) is 4.83. The van der Waals surface area contributed by atoms with Crippen molar-refractivity contribution in [2.24, 2.45) is 0 Å². The van der Waals surface area contributed by atoms with Gasteiger partial charge in [0.25, 0.3) is 0 Å². The van der Waals surface area contributed by atoms with Gasteiger partial charge in [0.05, 0.1) is 5.92 Å². The van der Waals surface area contributed by atoms with E-state index in [9.17, 15) is 4.79 Å². The zero-order chi connectivity index (χ0) is 17.3. The third-order valence-corrected chi connectivity index (χ3v) is 4.24. The Morgan fingerprint density at radius 3 is 2.24 bits per heavy atom. The van der Waals surface area contributed by atoms with Crippen molar-refractivity contribution in [3.05, 3.63) is 96.2 Å². The van der Waals surface area contributed by atoms with Gasteiger partial charge in [-0.15, -0.1) is 0 Å². The lowest BCUT2D eigenvalue weighted by atomic mass is 9.91. The van der Waals surface area contributed by atoms with Gasteiger partial charge >= 0.3 is 0 Å². The largest absolute Gasteiger partial charge is 0.310 e. The number of pyridine rings is 1. The number of rotatable bonds is 7. The standard InChI is InChI=1S/C22H22N2O/c25-22(24-21-16-7-8-17-23-21)20(19-13-5-2-6-14-19)15-9-12-18-10-3-1-4-11-18/h1-8,10-11,13-14,16-17,20H,9,12,15H2,(H,23,24,25)/t20-/m1/s1. The van der Waals surface area contributed by atoms with Crippen LogP contribution in [0.4, 0.5) is 5.82 Å². The average Bonchev–Trinajstić information content (AvgIpc) is 2.67. The molecule has 3 nitrogen and oxygen atoms in total. The summed E-state index contributed by atoms with van der Waals surface area (Å²) >= 11 is 0. The number of aromatic nitrogens is 1. The van der Waals surface area contributed by atoms with Crippen molar-refractivity contribution in [2.75, 3.05) is 5.32 Å². The molecule has 0 bridgehead atoms. The summed E-state index contributed by atoms with van der Waals surface area (Å²) < 4.78 is 0. The number of hydrogen-bond donors (Lipinski definition) is 1. The molecule has 0 aliphatic rings. The molecule has 0 aliphatic carbocycles. The summed E-state index contributed by atoms with van der Waals surface area (Å²) in [6.45, 7) is 0. The molecule has 3 heteroatoms. The van der Waals surface area contributed by atoms with Crippen molar-refractivity contribution >= 4 is 11.7 Å². The highest BCUT2D eigenvalue weighted by Crippen LogP contribution is 2.24. The summed E-state index contributed by atoms with van der Waals surface area (Å²) in [6, 6.07) is 25.9. The van der Waals surface area contributed by atoms with Gasteiger partial charge in [-0.1, -0.05) is 66.7 Å². The predicted molar refractivity (Wildman–Crippen MR) is 101 cm³/mol. The van der Waals surface area contributed by atoms with E-state index in [-0.39, 0.29) is 11.8 Å². The molecule has 2 aromatic carbocycles. The number of nitrogens with one attached hydrogen (secondary N) is 1. The zero-order valence-corrected chi connectivity index (χ0v) is 14.1. The summed E-state index contributed by atoms with van der Waals surface area (Å²) in [4.78, 5) is 17.0. The molecule has 0 spiro atoms. The van der Waals surface area contributed by atoms with E-state index in [0.29, 0.717) is 5.82 Å². The molecule has 0 aliphatic heterocycles. The van der Waals surface area contributed by atoms with Gasteiger partial charge in [-0.3, -0.25) is 4.79 Å². The molecular formula is C22H22N2O. The van der Waals surface area contributed by atoms with E-state index in [0.717, 1.165) is 24.8 Å². The molecule has 25 heavy (non-hydrogen) atoms. The van der Waals surface area contributed by atoms with Crippen LogP contribution in [0.2, 0.25) is 0 Å². The first kappa shape index (κ1) is 16.9. The van der Waals surface area contributed by atoms with Crippen molar-refractivity contribution in [2.45, 2.75) is 25.2 Å². The second-order valence-electron chi connectivity index (χ2n) is 6.05. The molecule has 1 atom stereocenters. The molecule has 1 aromatic heterocycles. The van der Waals surface area contributed by atoms with Gasteiger partial charge in [0, 0.05) is 6.20 Å².